The number of amides is 1. The van der Waals surface area contributed by atoms with Gasteiger partial charge in [-0.05, 0) is 31.5 Å². The fourth-order valence-electron chi connectivity index (χ4n) is 3.32. The Kier molecular flexibility index (Phi) is 5.99. The maximum atomic E-state index is 12.5. The molecule has 0 saturated carbocycles. The van der Waals surface area contributed by atoms with Crippen LogP contribution in [0.25, 0.3) is 10.6 Å². The summed E-state index contributed by atoms with van der Waals surface area (Å²) in [6.45, 7) is 5.21. The van der Waals surface area contributed by atoms with Crippen LogP contribution >= 0.6 is 11.3 Å². The van der Waals surface area contributed by atoms with E-state index >= 15 is 0 Å². The molecule has 1 N–H and O–H groups in total. The predicted molar refractivity (Wildman–Crippen MR) is 118 cm³/mol. The summed E-state index contributed by atoms with van der Waals surface area (Å²) in [5.74, 6) is -0.0485. The van der Waals surface area contributed by atoms with E-state index < -0.39 is 0 Å². The largest absolute Gasteiger partial charge is 0.352 e. The normalized spacial score (nSPS) is 10.9. The fraction of sp³-hybridized carbons (Fsp3) is 0.217. The minimum absolute atomic E-state index is 0.0485. The van der Waals surface area contributed by atoms with Gasteiger partial charge in [0.25, 0.3) is 0 Å². The van der Waals surface area contributed by atoms with Crippen molar-refractivity contribution in [1.29, 1.82) is 0 Å². The van der Waals surface area contributed by atoms with Gasteiger partial charge in [-0.25, -0.2) is 4.98 Å². The smallest absolute Gasteiger partial charge is 0.226 e. The number of hydrogen-bond donors (Lipinski definition) is 1. The highest BCUT2D eigenvalue weighted by atomic mass is 32.1. The quantitative estimate of drug-likeness (QED) is 0.495. The third kappa shape index (κ3) is 4.63. The van der Waals surface area contributed by atoms with Crippen molar-refractivity contribution in [3.05, 3.63) is 88.4 Å². The highest BCUT2D eigenvalue weighted by molar-refractivity contribution is 7.13. The van der Waals surface area contributed by atoms with E-state index in [1.54, 1.807) is 12.4 Å². The summed E-state index contributed by atoms with van der Waals surface area (Å²) in [5.41, 5.74) is 6.01. The lowest BCUT2D eigenvalue weighted by atomic mass is 10.2. The molecule has 4 rings (SSSR count). The lowest BCUT2D eigenvalue weighted by Crippen LogP contribution is -2.25. The van der Waals surface area contributed by atoms with Crippen molar-refractivity contribution < 1.29 is 4.79 Å². The second-order valence-electron chi connectivity index (χ2n) is 7.13. The third-order valence-corrected chi connectivity index (χ3v) is 5.91. The Morgan fingerprint density at radius 2 is 1.97 bits per heavy atom. The van der Waals surface area contributed by atoms with Gasteiger partial charge in [0.05, 0.1) is 24.4 Å². The molecule has 0 saturated heterocycles. The summed E-state index contributed by atoms with van der Waals surface area (Å²) >= 11 is 1.52. The van der Waals surface area contributed by atoms with Crippen molar-refractivity contribution >= 4 is 17.2 Å². The first-order valence-corrected chi connectivity index (χ1v) is 10.7. The Labute approximate surface area is 179 Å². The molecule has 3 heterocycles. The molecule has 0 aliphatic rings. The summed E-state index contributed by atoms with van der Waals surface area (Å²) in [4.78, 5) is 21.1. The Balaban J connectivity index is 1.37. The molecule has 4 aromatic rings. The molecule has 152 valence electrons. The van der Waals surface area contributed by atoms with E-state index in [-0.39, 0.29) is 12.3 Å². The number of thiazole rings is 1. The van der Waals surface area contributed by atoms with Gasteiger partial charge < -0.3 is 5.32 Å². The third-order valence-electron chi connectivity index (χ3n) is 4.97. The summed E-state index contributed by atoms with van der Waals surface area (Å²) in [6, 6.07) is 14.1. The maximum Gasteiger partial charge on any atom is 0.226 e. The zero-order valence-electron chi connectivity index (χ0n) is 17.0. The molecule has 7 heteroatoms. The lowest BCUT2D eigenvalue weighted by Gasteiger charge is -2.07. The topological polar surface area (TPSA) is 72.7 Å². The summed E-state index contributed by atoms with van der Waals surface area (Å²) in [6.07, 6.45) is 3.77. The molecule has 6 nitrogen and oxygen atoms in total. The standard InChI is InChI=1S/C23H23N5OS/c1-16-21(17(2)28(27-16)14-18-7-4-3-5-8-18)13-25-22(29)11-20-15-30-23(26-20)19-9-6-10-24-12-19/h3-10,12,15H,11,13-14H2,1-2H3,(H,25,29). The van der Waals surface area contributed by atoms with Gasteiger partial charge >= 0.3 is 0 Å². The van der Waals surface area contributed by atoms with Crippen molar-refractivity contribution in [1.82, 2.24) is 25.1 Å². The van der Waals surface area contributed by atoms with Crippen LogP contribution in [0, 0.1) is 13.8 Å². The van der Waals surface area contributed by atoms with E-state index in [1.165, 1.54) is 16.9 Å². The molecule has 30 heavy (non-hydrogen) atoms. The van der Waals surface area contributed by atoms with Gasteiger partial charge in [-0.1, -0.05) is 30.3 Å². The summed E-state index contributed by atoms with van der Waals surface area (Å²) < 4.78 is 1.99. The molecule has 0 unspecified atom stereocenters. The maximum absolute atomic E-state index is 12.5. The van der Waals surface area contributed by atoms with Gasteiger partial charge in [-0.3, -0.25) is 14.5 Å². The molecule has 0 fully saturated rings. The van der Waals surface area contributed by atoms with Crippen LogP contribution in [0.4, 0.5) is 0 Å². The van der Waals surface area contributed by atoms with Gasteiger partial charge in [0.2, 0.25) is 5.91 Å². The van der Waals surface area contributed by atoms with E-state index in [0.717, 1.165) is 39.8 Å². The molecule has 0 atom stereocenters. The molecule has 0 aliphatic heterocycles. The highest BCUT2D eigenvalue weighted by Crippen LogP contribution is 2.23. The van der Waals surface area contributed by atoms with Gasteiger partial charge in [0.15, 0.2) is 0 Å². The van der Waals surface area contributed by atoms with Gasteiger partial charge in [0, 0.05) is 41.1 Å². The SMILES string of the molecule is Cc1nn(Cc2ccccc2)c(C)c1CNC(=O)Cc1csc(-c2cccnc2)n1. The van der Waals surface area contributed by atoms with Gasteiger partial charge in [0.1, 0.15) is 5.01 Å². The highest BCUT2D eigenvalue weighted by Gasteiger charge is 2.14. The number of nitrogens with one attached hydrogen (secondary N) is 1. The van der Waals surface area contributed by atoms with Crippen molar-refractivity contribution in [2.24, 2.45) is 0 Å². The predicted octanol–water partition coefficient (Wildman–Crippen LogP) is 3.93. The van der Waals surface area contributed by atoms with Gasteiger partial charge in [-0.15, -0.1) is 11.3 Å². The second-order valence-corrected chi connectivity index (χ2v) is 7.99. The van der Waals surface area contributed by atoms with Crippen molar-refractivity contribution in [3.8, 4) is 10.6 Å². The number of aryl methyl sites for hydroxylation is 1. The number of carbonyl (C=O) groups is 1. The molecular weight excluding hydrogens is 394 g/mol. The molecule has 0 spiro atoms. The molecule has 3 aromatic heterocycles. The van der Waals surface area contributed by atoms with Gasteiger partial charge in [-0.2, -0.15) is 5.10 Å². The first-order valence-electron chi connectivity index (χ1n) is 9.78. The Bertz CT molecular complexity index is 1140. The number of pyridine rings is 1. The average molecular weight is 418 g/mol. The second kappa shape index (κ2) is 9.00. The van der Waals surface area contributed by atoms with E-state index in [0.29, 0.717) is 6.54 Å². The summed E-state index contributed by atoms with van der Waals surface area (Å²) in [5, 5.41) is 10.5. The molecule has 0 bridgehead atoms. The van der Waals surface area contributed by atoms with Crippen LogP contribution in [-0.4, -0.2) is 25.7 Å². The number of nitrogens with zero attached hydrogens (tertiary/aromatic N) is 4. The van der Waals surface area contributed by atoms with E-state index in [2.05, 4.69) is 32.5 Å². The first-order chi connectivity index (χ1) is 14.6. The minimum Gasteiger partial charge on any atom is -0.352 e. The van der Waals surface area contributed by atoms with E-state index in [1.807, 2.05) is 54.2 Å². The van der Waals surface area contributed by atoms with Crippen molar-refractivity contribution in [2.45, 2.75) is 33.4 Å². The van der Waals surface area contributed by atoms with Crippen LogP contribution in [-0.2, 0) is 24.3 Å². The summed E-state index contributed by atoms with van der Waals surface area (Å²) in [7, 11) is 0. The molecule has 1 aromatic carbocycles. The first kappa shape index (κ1) is 20.0. The molecule has 0 aliphatic carbocycles. The number of benzene rings is 1. The molecule has 0 radical (unpaired) electrons. The Hall–Kier alpha value is -3.32. The Morgan fingerprint density at radius 3 is 2.73 bits per heavy atom. The minimum atomic E-state index is -0.0485. The van der Waals surface area contributed by atoms with Crippen LogP contribution in [0.15, 0.2) is 60.2 Å². The van der Waals surface area contributed by atoms with Crippen molar-refractivity contribution in [3.63, 3.8) is 0 Å². The van der Waals surface area contributed by atoms with Crippen LogP contribution in [0.5, 0.6) is 0 Å². The molecule has 1 amide bonds. The number of rotatable bonds is 7. The Morgan fingerprint density at radius 1 is 1.13 bits per heavy atom. The lowest BCUT2D eigenvalue weighted by molar-refractivity contribution is -0.120. The van der Waals surface area contributed by atoms with E-state index in [4.69, 9.17) is 0 Å². The van der Waals surface area contributed by atoms with Crippen LogP contribution in [0.2, 0.25) is 0 Å². The number of aromatic nitrogens is 4. The average Bonchev–Trinajstić information content (AvgIpc) is 3.32. The van der Waals surface area contributed by atoms with Crippen LogP contribution < -0.4 is 5.32 Å². The monoisotopic (exact) mass is 417 g/mol. The zero-order valence-corrected chi connectivity index (χ0v) is 17.8. The van der Waals surface area contributed by atoms with Crippen LogP contribution in [0.3, 0.4) is 0 Å². The zero-order chi connectivity index (χ0) is 20.9. The van der Waals surface area contributed by atoms with E-state index in [9.17, 15) is 4.79 Å². The molecular formula is C23H23N5OS. The van der Waals surface area contributed by atoms with Crippen molar-refractivity contribution in [2.75, 3.05) is 0 Å². The van der Waals surface area contributed by atoms with Crippen LogP contribution in [0.1, 0.15) is 28.2 Å². The number of carbonyl (C=O) groups excluding carboxylic acids is 1. The number of hydrogen-bond acceptors (Lipinski definition) is 5. The fourth-order valence-corrected chi connectivity index (χ4v) is 4.13.